The van der Waals surface area contributed by atoms with Gasteiger partial charge in [-0.3, -0.25) is 4.90 Å². The summed E-state index contributed by atoms with van der Waals surface area (Å²) in [6.45, 7) is 2.51. The zero-order valence-electron chi connectivity index (χ0n) is 15.7. The number of aryl methyl sites for hydroxylation is 2. The molecular weight excluding hydrogens is 376 g/mol. The molecule has 27 heavy (non-hydrogen) atoms. The van der Waals surface area contributed by atoms with Gasteiger partial charge < -0.3 is 0 Å². The van der Waals surface area contributed by atoms with Crippen molar-refractivity contribution in [3.05, 3.63) is 51.7 Å². The van der Waals surface area contributed by atoms with E-state index < -0.39 is 10.0 Å². The lowest BCUT2D eigenvalue weighted by atomic mass is 9.92. The summed E-state index contributed by atoms with van der Waals surface area (Å²) in [6.07, 6.45) is 8.07. The van der Waals surface area contributed by atoms with Crippen molar-refractivity contribution in [3.8, 4) is 0 Å². The highest BCUT2D eigenvalue weighted by Gasteiger charge is 2.25. The number of nitrogens with zero attached hydrogens (tertiary/aromatic N) is 1. The number of hydrogen-bond donors (Lipinski definition) is 1. The van der Waals surface area contributed by atoms with Gasteiger partial charge in [0.25, 0.3) is 0 Å². The van der Waals surface area contributed by atoms with E-state index in [-0.39, 0.29) is 6.04 Å². The summed E-state index contributed by atoms with van der Waals surface area (Å²) in [4.78, 5) is 2.84. The third-order valence-electron chi connectivity index (χ3n) is 5.86. The molecule has 0 saturated carbocycles. The van der Waals surface area contributed by atoms with Crippen molar-refractivity contribution in [2.45, 2.75) is 55.9 Å². The van der Waals surface area contributed by atoms with E-state index in [1.54, 1.807) is 17.4 Å². The molecule has 2 heterocycles. The lowest BCUT2D eigenvalue weighted by molar-refractivity contribution is 0.165. The van der Waals surface area contributed by atoms with Crippen molar-refractivity contribution >= 4 is 21.4 Å². The minimum atomic E-state index is -3.49. The molecule has 0 radical (unpaired) electrons. The Morgan fingerprint density at radius 3 is 2.52 bits per heavy atom. The van der Waals surface area contributed by atoms with E-state index in [0.29, 0.717) is 11.4 Å². The second-order valence-corrected chi connectivity index (χ2v) is 10.2. The van der Waals surface area contributed by atoms with Crippen molar-refractivity contribution in [2.75, 3.05) is 19.6 Å². The molecule has 4 rings (SSSR count). The molecule has 146 valence electrons. The first-order valence-electron chi connectivity index (χ1n) is 10.0. The molecule has 0 bridgehead atoms. The zero-order valence-corrected chi connectivity index (χ0v) is 17.3. The average Bonchev–Trinajstić information content (AvgIpc) is 3.23. The van der Waals surface area contributed by atoms with Crippen LogP contribution < -0.4 is 4.72 Å². The lowest BCUT2D eigenvalue weighted by Gasteiger charge is -2.34. The summed E-state index contributed by atoms with van der Waals surface area (Å²) in [5.74, 6) is 0. The number of benzene rings is 1. The SMILES string of the molecule is O=S(=O)(NCC(c1ccsc1)N1CCCCC1)c1ccc2c(c1)CCCC2. The molecule has 1 N–H and O–H groups in total. The van der Waals surface area contributed by atoms with Crippen LogP contribution in [0.25, 0.3) is 0 Å². The van der Waals surface area contributed by atoms with Gasteiger partial charge in [-0.25, -0.2) is 13.1 Å². The Hall–Kier alpha value is -1.21. The van der Waals surface area contributed by atoms with Crippen LogP contribution in [0.15, 0.2) is 39.9 Å². The summed E-state index contributed by atoms with van der Waals surface area (Å²) in [7, 11) is -3.49. The highest BCUT2D eigenvalue weighted by molar-refractivity contribution is 7.89. The Balaban J connectivity index is 1.51. The van der Waals surface area contributed by atoms with Crippen LogP contribution in [0.2, 0.25) is 0 Å². The highest BCUT2D eigenvalue weighted by Crippen LogP contribution is 2.27. The predicted molar refractivity (Wildman–Crippen MR) is 111 cm³/mol. The molecule has 4 nitrogen and oxygen atoms in total. The number of rotatable bonds is 6. The Labute approximate surface area is 166 Å². The topological polar surface area (TPSA) is 49.4 Å². The number of hydrogen-bond acceptors (Lipinski definition) is 4. The smallest absolute Gasteiger partial charge is 0.240 e. The summed E-state index contributed by atoms with van der Waals surface area (Å²) >= 11 is 1.67. The van der Waals surface area contributed by atoms with Crippen LogP contribution in [0.1, 0.15) is 54.8 Å². The second-order valence-electron chi connectivity index (χ2n) is 7.66. The molecule has 1 aromatic carbocycles. The largest absolute Gasteiger partial charge is 0.295 e. The van der Waals surface area contributed by atoms with Gasteiger partial charge in [0.15, 0.2) is 0 Å². The second kappa shape index (κ2) is 8.43. The average molecular weight is 405 g/mol. The number of likely N-dealkylation sites (tertiary alicyclic amines) is 1. The third-order valence-corrected chi connectivity index (χ3v) is 7.98. The summed E-state index contributed by atoms with van der Waals surface area (Å²) in [5.41, 5.74) is 3.73. The van der Waals surface area contributed by atoms with Crippen LogP contribution in [0, 0.1) is 0 Å². The maximum absolute atomic E-state index is 12.9. The molecule has 0 spiro atoms. The number of piperidine rings is 1. The van der Waals surface area contributed by atoms with Gasteiger partial charge in [0, 0.05) is 12.6 Å². The number of thiophene rings is 1. The van der Waals surface area contributed by atoms with Crippen LogP contribution >= 0.6 is 11.3 Å². The molecular formula is C21H28N2O2S2. The molecule has 1 aliphatic carbocycles. The van der Waals surface area contributed by atoms with Gasteiger partial charge in [0.05, 0.1) is 4.90 Å². The summed E-state index contributed by atoms with van der Waals surface area (Å²) in [5, 5.41) is 4.22. The van der Waals surface area contributed by atoms with Crippen molar-refractivity contribution in [2.24, 2.45) is 0 Å². The fraction of sp³-hybridized carbons (Fsp3) is 0.524. The Morgan fingerprint density at radius 1 is 1.00 bits per heavy atom. The fourth-order valence-electron chi connectivity index (χ4n) is 4.30. The zero-order chi connectivity index (χ0) is 18.7. The number of sulfonamides is 1. The molecule has 1 saturated heterocycles. The van der Waals surface area contributed by atoms with Crippen molar-refractivity contribution < 1.29 is 8.42 Å². The molecule has 2 aromatic rings. The molecule has 2 aliphatic rings. The van der Waals surface area contributed by atoms with E-state index in [2.05, 4.69) is 26.4 Å². The standard InChI is InChI=1S/C21H28N2O2S2/c24-27(25,20-9-8-17-6-2-3-7-18(17)14-20)22-15-21(19-10-13-26-16-19)23-11-4-1-5-12-23/h8-10,13-14,16,21-22H,1-7,11-12,15H2. The summed E-state index contributed by atoms with van der Waals surface area (Å²) in [6, 6.07) is 7.90. The first kappa shape index (κ1) is 19.1. The minimum absolute atomic E-state index is 0.115. The lowest BCUT2D eigenvalue weighted by Crippen LogP contribution is -2.40. The van der Waals surface area contributed by atoms with Crippen LogP contribution in [0.5, 0.6) is 0 Å². The molecule has 0 amide bonds. The number of nitrogens with one attached hydrogen (secondary N) is 1. The van der Waals surface area contributed by atoms with Gasteiger partial charge >= 0.3 is 0 Å². The van der Waals surface area contributed by atoms with Gasteiger partial charge in [0.1, 0.15) is 0 Å². The Kier molecular flexibility index (Phi) is 5.97. The Bertz CT molecular complexity index is 856. The Morgan fingerprint density at radius 2 is 1.78 bits per heavy atom. The first-order valence-corrected chi connectivity index (χ1v) is 12.4. The van der Waals surface area contributed by atoms with Gasteiger partial charge in [-0.2, -0.15) is 11.3 Å². The summed E-state index contributed by atoms with van der Waals surface area (Å²) < 4.78 is 28.8. The van der Waals surface area contributed by atoms with Gasteiger partial charge in [-0.15, -0.1) is 0 Å². The van der Waals surface area contributed by atoms with E-state index in [1.165, 1.54) is 42.4 Å². The predicted octanol–water partition coefficient (Wildman–Crippen LogP) is 4.13. The van der Waals surface area contributed by atoms with E-state index >= 15 is 0 Å². The van der Waals surface area contributed by atoms with Gasteiger partial charge in [-0.05, 0) is 97.3 Å². The third kappa shape index (κ3) is 4.45. The molecule has 1 fully saturated rings. The fourth-order valence-corrected chi connectivity index (χ4v) is 6.10. The maximum atomic E-state index is 12.9. The van der Waals surface area contributed by atoms with Crippen LogP contribution in [0.3, 0.4) is 0 Å². The molecule has 1 aliphatic heterocycles. The van der Waals surface area contributed by atoms with Crippen LogP contribution in [-0.2, 0) is 22.9 Å². The quantitative estimate of drug-likeness (QED) is 0.787. The van der Waals surface area contributed by atoms with E-state index in [9.17, 15) is 8.42 Å². The molecule has 1 unspecified atom stereocenters. The normalized spacial score (nSPS) is 19.6. The van der Waals surface area contributed by atoms with Crippen LogP contribution in [-0.4, -0.2) is 33.0 Å². The minimum Gasteiger partial charge on any atom is -0.295 e. The van der Waals surface area contributed by atoms with E-state index in [1.807, 2.05) is 12.1 Å². The van der Waals surface area contributed by atoms with E-state index in [4.69, 9.17) is 0 Å². The first-order chi connectivity index (χ1) is 13.1. The van der Waals surface area contributed by atoms with Gasteiger partial charge in [0.2, 0.25) is 10.0 Å². The maximum Gasteiger partial charge on any atom is 0.240 e. The molecule has 6 heteroatoms. The van der Waals surface area contributed by atoms with Gasteiger partial charge in [-0.1, -0.05) is 12.5 Å². The van der Waals surface area contributed by atoms with Crippen LogP contribution in [0.4, 0.5) is 0 Å². The number of fused-ring (bicyclic) bond motifs is 1. The van der Waals surface area contributed by atoms with Crippen molar-refractivity contribution in [1.29, 1.82) is 0 Å². The van der Waals surface area contributed by atoms with Crippen molar-refractivity contribution in [1.82, 2.24) is 9.62 Å². The van der Waals surface area contributed by atoms with E-state index in [0.717, 1.165) is 32.4 Å². The molecule has 1 aromatic heterocycles. The van der Waals surface area contributed by atoms with Crippen molar-refractivity contribution in [3.63, 3.8) is 0 Å². The monoisotopic (exact) mass is 404 g/mol. The highest BCUT2D eigenvalue weighted by atomic mass is 32.2. The molecule has 1 atom stereocenters.